The highest BCUT2D eigenvalue weighted by Crippen LogP contribution is 2.23. The van der Waals surface area contributed by atoms with Gasteiger partial charge in [-0.1, -0.05) is 36.5 Å². The summed E-state index contributed by atoms with van der Waals surface area (Å²) in [5.41, 5.74) is 9.93. The van der Waals surface area contributed by atoms with E-state index in [0.29, 0.717) is 11.1 Å². The number of carbonyl (C=O) groups is 1. The number of hydrogen-bond donors (Lipinski definition) is 1. The average Bonchev–Trinajstić information content (AvgIpc) is 2.48. The number of nitrogens with zero attached hydrogens (tertiary/aromatic N) is 1. The van der Waals surface area contributed by atoms with Crippen LogP contribution >= 0.6 is 12.2 Å². The van der Waals surface area contributed by atoms with Gasteiger partial charge >= 0.3 is 0 Å². The molecule has 0 aliphatic carbocycles. The fourth-order valence-electron chi connectivity index (χ4n) is 2.25. The highest BCUT2D eigenvalue weighted by atomic mass is 32.1. The van der Waals surface area contributed by atoms with Crippen LogP contribution in [0.15, 0.2) is 42.5 Å². The summed E-state index contributed by atoms with van der Waals surface area (Å²) in [5, 5.41) is 0. The predicted molar refractivity (Wildman–Crippen MR) is 91.0 cm³/mol. The third-order valence-corrected chi connectivity index (χ3v) is 3.89. The minimum absolute atomic E-state index is 0.0695. The van der Waals surface area contributed by atoms with E-state index in [1.165, 1.54) is 0 Å². The predicted octanol–water partition coefficient (Wildman–Crippen LogP) is 3.21. The largest absolute Gasteiger partial charge is 0.389 e. The van der Waals surface area contributed by atoms with E-state index in [4.69, 9.17) is 18.0 Å². The van der Waals surface area contributed by atoms with Gasteiger partial charge in [0.25, 0.3) is 5.91 Å². The number of nitrogens with two attached hydrogens (primary N) is 1. The van der Waals surface area contributed by atoms with Gasteiger partial charge in [-0.2, -0.15) is 0 Å². The number of hydrogen-bond acceptors (Lipinski definition) is 2. The number of rotatable bonds is 3. The summed E-state index contributed by atoms with van der Waals surface area (Å²) in [6.07, 6.45) is 0. The molecule has 0 aromatic heterocycles. The van der Waals surface area contributed by atoms with Crippen LogP contribution in [0.3, 0.4) is 0 Å². The molecule has 0 fully saturated rings. The van der Waals surface area contributed by atoms with Crippen molar-refractivity contribution in [3.05, 3.63) is 64.7 Å². The van der Waals surface area contributed by atoms with Gasteiger partial charge in [-0.05, 0) is 43.2 Å². The summed E-state index contributed by atoms with van der Waals surface area (Å²) in [6, 6.07) is 13.1. The monoisotopic (exact) mass is 298 g/mol. The molecule has 4 heteroatoms. The van der Waals surface area contributed by atoms with Gasteiger partial charge in [0.1, 0.15) is 4.99 Å². The van der Waals surface area contributed by atoms with Crippen molar-refractivity contribution in [1.82, 2.24) is 0 Å². The number of para-hydroxylation sites is 1. The van der Waals surface area contributed by atoms with Crippen LogP contribution in [0.5, 0.6) is 0 Å². The molecule has 0 bridgehead atoms. The van der Waals surface area contributed by atoms with Crippen molar-refractivity contribution >= 4 is 28.8 Å². The SMILES string of the molecule is Cc1cccc(C(=O)N(C)c2ccccc2C(N)=S)c1C. The molecule has 21 heavy (non-hydrogen) atoms. The molecular weight excluding hydrogens is 280 g/mol. The molecule has 0 spiro atoms. The molecule has 1 amide bonds. The molecule has 0 saturated heterocycles. The van der Waals surface area contributed by atoms with Crippen LogP contribution in [0.25, 0.3) is 0 Å². The Kier molecular flexibility index (Phi) is 4.38. The zero-order valence-electron chi connectivity index (χ0n) is 12.4. The molecule has 2 N–H and O–H groups in total. The van der Waals surface area contributed by atoms with Crippen LogP contribution < -0.4 is 10.6 Å². The number of thiocarbonyl (C=S) groups is 1. The van der Waals surface area contributed by atoms with Crippen molar-refractivity contribution < 1.29 is 4.79 Å². The standard InChI is InChI=1S/C17H18N2OS/c1-11-7-6-9-13(12(11)2)17(20)19(3)15-10-5-4-8-14(15)16(18)21/h4-10H,1-3H3,(H2,18,21). The minimum Gasteiger partial charge on any atom is -0.389 e. The summed E-state index contributed by atoms with van der Waals surface area (Å²) >= 11 is 5.06. The highest BCUT2D eigenvalue weighted by molar-refractivity contribution is 7.80. The van der Waals surface area contributed by atoms with Gasteiger partial charge in [0, 0.05) is 18.2 Å². The molecule has 0 heterocycles. The lowest BCUT2D eigenvalue weighted by Crippen LogP contribution is -2.29. The first-order valence-electron chi connectivity index (χ1n) is 6.66. The first-order valence-corrected chi connectivity index (χ1v) is 7.07. The van der Waals surface area contributed by atoms with Crippen LogP contribution in [0.2, 0.25) is 0 Å². The van der Waals surface area contributed by atoms with E-state index in [1.54, 1.807) is 11.9 Å². The van der Waals surface area contributed by atoms with Crippen LogP contribution in [-0.2, 0) is 0 Å². The molecule has 0 aliphatic heterocycles. The summed E-state index contributed by atoms with van der Waals surface area (Å²) in [4.78, 5) is 14.6. The van der Waals surface area contributed by atoms with Crippen LogP contribution in [-0.4, -0.2) is 17.9 Å². The lowest BCUT2D eigenvalue weighted by atomic mass is 10.0. The third-order valence-electron chi connectivity index (χ3n) is 3.67. The molecule has 108 valence electrons. The van der Waals surface area contributed by atoms with Crippen molar-refractivity contribution in [2.75, 3.05) is 11.9 Å². The second-order valence-electron chi connectivity index (χ2n) is 4.99. The molecule has 3 nitrogen and oxygen atoms in total. The number of anilines is 1. The normalized spacial score (nSPS) is 10.2. The third kappa shape index (κ3) is 2.95. The fourth-order valence-corrected chi connectivity index (χ4v) is 2.42. The Morgan fingerprint density at radius 3 is 2.33 bits per heavy atom. The van der Waals surface area contributed by atoms with Gasteiger partial charge < -0.3 is 10.6 Å². The first-order chi connectivity index (χ1) is 9.93. The smallest absolute Gasteiger partial charge is 0.258 e. The van der Waals surface area contributed by atoms with Crippen molar-refractivity contribution in [2.24, 2.45) is 5.73 Å². The first kappa shape index (κ1) is 15.2. The maximum Gasteiger partial charge on any atom is 0.258 e. The highest BCUT2D eigenvalue weighted by Gasteiger charge is 2.19. The average molecular weight is 298 g/mol. The fraction of sp³-hybridized carbons (Fsp3) is 0.176. The van der Waals surface area contributed by atoms with Gasteiger partial charge in [-0.25, -0.2) is 0 Å². The van der Waals surface area contributed by atoms with E-state index in [-0.39, 0.29) is 10.9 Å². The number of amides is 1. The van der Waals surface area contributed by atoms with E-state index in [9.17, 15) is 4.79 Å². The number of carbonyl (C=O) groups excluding carboxylic acids is 1. The summed E-state index contributed by atoms with van der Waals surface area (Å²) in [5.74, 6) is -0.0695. The molecule has 2 rings (SSSR count). The summed E-state index contributed by atoms with van der Waals surface area (Å²) in [6.45, 7) is 3.95. The Labute approximate surface area is 130 Å². The molecule has 0 unspecified atom stereocenters. The summed E-state index contributed by atoms with van der Waals surface area (Å²) in [7, 11) is 1.74. The van der Waals surface area contributed by atoms with Gasteiger partial charge in [0.2, 0.25) is 0 Å². The number of benzene rings is 2. The zero-order valence-corrected chi connectivity index (χ0v) is 13.2. The molecule has 2 aromatic carbocycles. The van der Waals surface area contributed by atoms with Crippen molar-refractivity contribution in [3.63, 3.8) is 0 Å². The lowest BCUT2D eigenvalue weighted by molar-refractivity contribution is 0.0992. The van der Waals surface area contributed by atoms with Gasteiger partial charge in [0.05, 0.1) is 5.69 Å². The van der Waals surface area contributed by atoms with E-state index in [1.807, 2.05) is 56.3 Å². The molecular formula is C17H18N2OS. The molecule has 2 aromatic rings. The second-order valence-corrected chi connectivity index (χ2v) is 5.43. The Morgan fingerprint density at radius 2 is 1.67 bits per heavy atom. The maximum absolute atomic E-state index is 12.7. The van der Waals surface area contributed by atoms with Crippen molar-refractivity contribution in [2.45, 2.75) is 13.8 Å². The Hall–Kier alpha value is -2.20. The molecule has 0 aliphatic rings. The quantitative estimate of drug-likeness (QED) is 0.885. The second kappa shape index (κ2) is 6.06. The van der Waals surface area contributed by atoms with Gasteiger partial charge in [-0.3, -0.25) is 4.79 Å². The molecule has 0 radical (unpaired) electrons. The Morgan fingerprint density at radius 1 is 1.05 bits per heavy atom. The zero-order chi connectivity index (χ0) is 15.6. The van der Waals surface area contributed by atoms with Crippen LogP contribution in [0, 0.1) is 13.8 Å². The van der Waals surface area contributed by atoms with E-state index >= 15 is 0 Å². The number of aryl methyl sites for hydroxylation is 1. The Bertz CT molecular complexity index is 710. The Balaban J connectivity index is 2.45. The van der Waals surface area contributed by atoms with Crippen molar-refractivity contribution in [1.29, 1.82) is 0 Å². The lowest BCUT2D eigenvalue weighted by Gasteiger charge is -2.21. The minimum atomic E-state index is -0.0695. The van der Waals surface area contributed by atoms with Crippen LogP contribution in [0.1, 0.15) is 27.0 Å². The topological polar surface area (TPSA) is 46.3 Å². The van der Waals surface area contributed by atoms with E-state index in [0.717, 1.165) is 16.8 Å². The maximum atomic E-state index is 12.7. The van der Waals surface area contributed by atoms with Crippen molar-refractivity contribution in [3.8, 4) is 0 Å². The van der Waals surface area contributed by atoms with Gasteiger partial charge in [-0.15, -0.1) is 0 Å². The van der Waals surface area contributed by atoms with Crippen LogP contribution in [0.4, 0.5) is 5.69 Å². The van der Waals surface area contributed by atoms with E-state index < -0.39 is 0 Å². The van der Waals surface area contributed by atoms with E-state index in [2.05, 4.69) is 0 Å². The molecule has 0 atom stereocenters. The summed E-state index contributed by atoms with van der Waals surface area (Å²) < 4.78 is 0. The van der Waals surface area contributed by atoms with Gasteiger partial charge in [0.15, 0.2) is 0 Å². The molecule has 0 saturated carbocycles.